The number of halogens is 2. The summed E-state index contributed by atoms with van der Waals surface area (Å²) in [5.74, 6) is 1.13. The number of fused-ring (bicyclic) bond motifs is 1. The summed E-state index contributed by atoms with van der Waals surface area (Å²) in [6.45, 7) is 1.15. The summed E-state index contributed by atoms with van der Waals surface area (Å²) in [6.07, 6.45) is 4.31. The maximum absolute atomic E-state index is 13.3. The Kier molecular flexibility index (Phi) is 4.76. The van der Waals surface area contributed by atoms with Crippen molar-refractivity contribution in [1.82, 2.24) is 20.1 Å². The van der Waals surface area contributed by atoms with Gasteiger partial charge in [-0.3, -0.25) is 0 Å². The van der Waals surface area contributed by atoms with Crippen LogP contribution >= 0.6 is 11.6 Å². The Balaban J connectivity index is 1.59. The van der Waals surface area contributed by atoms with E-state index in [9.17, 15) is 9.18 Å². The number of nitrogens with zero attached hydrogens (tertiary/aromatic N) is 3. The van der Waals surface area contributed by atoms with Crippen molar-refractivity contribution in [3.8, 4) is 0 Å². The second kappa shape index (κ2) is 6.95. The van der Waals surface area contributed by atoms with Crippen molar-refractivity contribution in [3.05, 3.63) is 40.7 Å². The predicted octanol–water partition coefficient (Wildman–Crippen LogP) is 3.12. The third-order valence-electron chi connectivity index (χ3n) is 3.77. The molecule has 0 fully saturated rings. The monoisotopic (exact) mass is 337 g/mol. The standard InChI is InChI=1S/C15H17ClFN5O/c16-11-6-5-10(8-12(11)17)19-15(23)18-9-14-21-20-13-4-2-1-3-7-22(13)14/h5-6,8H,1-4,7,9H2,(H2,18,19,23). The quantitative estimate of drug-likeness (QED) is 0.904. The first-order chi connectivity index (χ1) is 11.1. The van der Waals surface area contributed by atoms with E-state index in [1.807, 2.05) is 0 Å². The SMILES string of the molecule is O=C(NCc1nnc2n1CCCCC2)Nc1ccc(Cl)c(F)c1. The Morgan fingerprint density at radius 1 is 1.30 bits per heavy atom. The summed E-state index contributed by atoms with van der Waals surface area (Å²) in [5.41, 5.74) is 0.337. The number of nitrogens with one attached hydrogen (secondary N) is 2. The molecule has 0 spiro atoms. The van der Waals surface area contributed by atoms with Gasteiger partial charge in [0, 0.05) is 18.7 Å². The number of urea groups is 1. The zero-order chi connectivity index (χ0) is 16.2. The van der Waals surface area contributed by atoms with Crippen LogP contribution in [0.25, 0.3) is 0 Å². The molecule has 0 saturated carbocycles. The van der Waals surface area contributed by atoms with Gasteiger partial charge in [0.05, 0.1) is 11.6 Å². The lowest BCUT2D eigenvalue weighted by molar-refractivity contribution is 0.251. The van der Waals surface area contributed by atoms with E-state index in [0.717, 1.165) is 37.5 Å². The number of anilines is 1. The van der Waals surface area contributed by atoms with Crippen LogP contribution in [-0.4, -0.2) is 20.8 Å². The molecule has 0 radical (unpaired) electrons. The molecular formula is C15H17ClFN5O. The molecule has 2 amide bonds. The number of amides is 2. The van der Waals surface area contributed by atoms with Crippen LogP contribution in [0.3, 0.4) is 0 Å². The first-order valence-corrected chi connectivity index (χ1v) is 7.92. The number of benzene rings is 1. The molecule has 1 aliphatic rings. The van der Waals surface area contributed by atoms with Crippen molar-refractivity contribution in [1.29, 1.82) is 0 Å². The second-order valence-electron chi connectivity index (χ2n) is 5.43. The van der Waals surface area contributed by atoms with Crippen LogP contribution in [-0.2, 0) is 19.5 Å². The Hall–Kier alpha value is -2.15. The van der Waals surface area contributed by atoms with E-state index in [1.54, 1.807) is 0 Å². The van der Waals surface area contributed by atoms with Gasteiger partial charge in [-0.25, -0.2) is 9.18 Å². The Morgan fingerprint density at radius 3 is 3.00 bits per heavy atom. The highest BCUT2D eigenvalue weighted by Gasteiger charge is 2.15. The number of carbonyl (C=O) groups excluding carboxylic acids is 1. The number of hydrogen-bond donors (Lipinski definition) is 2. The molecule has 23 heavy (non-hydrogen) atoms. The summed E-state index contributed by atoms with van der Waals surface area (Å²) in [5, 5.41) is 13.6. The van der Waals surface area contributed by atoms with Crippen molar-refractivity contribution in [2.45, 2.75) is 38.8 Å². The van der Waals surface area contributed by atoms with Crippen LogP contribution in [0.5, 0.6) is 0 Å². The van der Waals surface area contributed by atoms with Gasteiger partial charge in [0.25, 0.3) is 0 Å². The van der Waals surface area contributed by atoms with Gasteiger partial charge in [-0.1, -0.05) is 18.0 Å². The molecule has 6 nitrogen and oxygen atoms in total. The molecule has 2 N–H and O–H groups in total. The lowest BCUT2D eigenvalue weighted by Crippen LogP contribution is -2.29. The number of carbonyl (C=O) groups is 1. The smallest absolute Gasteiger partial charge is 0.319 e. The molecule has 0 bridgehead atoms. The largest absolute Gasteiger partial charge is 0.331 e. The van der Waals surface area contributed by atoms with Crippen molar-refractivity contribution in [2.24, 2.45) is 0 Å². The predicted molar refractivity (Wildman–Crippen MR) is 84.8 cm³/mol. The molecule has 1 aliphatic heterocycles. The lowest BCUT2D eigenvalue weighted by Gasteiger charge is -2.09. The summed E-state index contributed by atoms with van der Waals surface area (Å²) >= 11 is 5.61. The molecular weight excluding hydrogens is 321 g/mol. The van der Waals surface area contributed by atoms with Crippen LogP contribution in [0.15, 0.2) is 18.2 Å². The van der Waals surface area contributed by atoms with Gasteiger partial charge in [0.1, 0.15) is 11.6 Å². The number of hydrogen-bond acceptors (Lipinski definition) is 3. The first kappa shape index (κ1) is 15.7. The third kappa shape index (κ3) is 3.79. The molecule has 3 rings (SSSR count). The van der Waals surface area contributed by atoms with E-state index >= 15 is 0 Å². The van der Waals surface area contributed by atoms with Gasteiger partial charge in [-0.15, -0.1) is 10.2 Å². The van der Waals surface area contributed by atoms with Gasteiger partial charge in [-0.05, 0) is 31.0 Å². The van der Waals surface area contributed by atoms with E-state index in [4.69, 9.17) is 11.6 Å². The van der Waals surface area contributed by atoms with Crippen LogP contribution in [0.4, 0.5) is 14.9 Å². The number of aromatic nitrogens is 3. The minimum Gasteiger partial charge on any atom is -0.331 e. The van der Waals surface area contributed by atoms with Gasteiger partial charge < -0.3 is 15.2 Å². The van der Waals surface area contributed by atoms with Crippen LogP contribution in [0.1, 0.15) is 30.9 Å². The van der Waals surface area contributed by atoms with Crippen molar-refractivity contribution in [2.75, 3.05) is 5.32 Å². The Bertz CT molecular complexity index is 718. The first-order valence-electron chi connectivity index (χ1n) is 7.54. The maximum atomic E-state index is 13.3. The highest BCUT2D eigenvalue weighted by atomic mass is 35.5. The minimum atomic E-state index is -0.577. The zero-order valence-corrected chi connectivity index (χ0v) is 13.2. The fourth-order valence-electron chi connectivity index (χ4n) is 2.58. The molecule has 122 valence electrons. The fraction of sp³-hybridized carbons (Fsp3) is 0.400. The Morgan fingerprint density at radius 2 is 2.17 bits per heavy atom. The maximum Gasteiger partial charge on any atom is 0.319 e. The highest BCUT2D eigenvalue weighted by Crippen LogP contribution is 2.18. The van der Waals surface area contributed by atoms with Crippen molar-refractivity contribution in [3.63, 3.8) is 0 Å². The van der Waals surface area contributed by atoms with E-state index in [2.05, 4.69) is 25.4 Å². The highest BCUT2D eigenvalue weighted by molar-refractivity contribution is 6.30. The van der Waals surface area contributed by atoms with E-state index < -0.39 is 11.8 Å². The molecule has 2 heterocycles. The topological polar surface area (TPSA) is 71.8 Å². The molecule has 0 saturated heterocycles. The lowest BCUT2D eigenvalue weighted by atomic mass is 10.2. The van der Waals surface area contributed by atoms with Gasteiger partial charge in [0.2, 0.25) is 0 Å². The normalized spacial score (nSPS) is 14.0. The molecule has 2 aromatic rings. The zero-order valence-electron chi connectivity index (χ0n) is 12.5. The van der Waals surface area contributed by atoms with Crippen molar-refractivity contribution >= 4 is 23.3 Å². The van der Waals surface area contributed by atoms with Crippen molar-refractivity contribution < 1.29 is 9.18 Å². The number of rotatable bonds is 3. The third-order valence-corrected chi connectivity index (χ3v) is 4.08. The van der Waals surface area contributed by atoms with E-state index in [-0.39, 0.29) is 11.6 Å². The van der Waals surface area contributed by atoms with E-state index in [1.165, 1.54) is 24.6 Å². The molecule has 1 aromatic heterocycles. The molecule has 0 unspecified atom stereocenters. The van der Waals surface area contributed by atoms with Crippen LogP contribution < -0.4 is 10.6 Å². The minimum absolute atomic E-state index is 0.0158. The van der Waals surface area contributed by atoms with Gasteiger partial charge >= 0.3 is 6.03 Å². The Labute approximate surface area is 138 Å². The average molecular weight is 338 g/mol. The fourth-order valence-corrected chi connectivity index (χ4v) is 2.70. The summed E-state index contributed by atoms with van der Waals surface area (Å²) in [7, 11) is 0. The number of aryl methyl sites for hydroxylation is 1. The summed E-state index contributed by atoms with van der Waals surface area (Å²) < 4.78 is 15.4. The second-order valence-corrected chi connectivity index (χ2v) is 5.84. The molecule has 8 heteroatoms. The van der Waals surface area contributed by atoms with Crippen LogP contribution in [0, 0.1) is 5.82 Å². The van der Waals surface area contributed by atoms with Gasteiger partial charge in [0.15, 0.2) is 5.82 Å². The summed E-state index contributed by atoms with van der Waals surface area (Å²) in [4.78, 5) is 11.9. The summed E-state index contributed by atoms with van der Waals surface area (Å²) in [6, 6.07) is 3.67. The molecule has 0 atom stereocenters. The van der Waals surface area contributed by atoms with E-state index in [0.29, 0.717) is 5.69 Å². The molecule has 1 aromatic carbocycles. The molecule has 0 aliphatic carbocycles. The van der Waals surface area contributed by atoms with Crippen LogP contribution in [0.2, 0.25) is 5.02 Å². The average Bonchev–Trinajstić information content (AvgIpc) is 2.76. The van der Waals surface area contributed by atoms with Gasteiger partial charge in [-0.2, -0.15) is 0 Å².